The molecule has 26 heavy (non-hydrogen) atoms. The topological polar surface area (TPSA) is 38.3 Å². The molecule has 3 rings (SSSR count). The van der Waals surface area contributed by atoms with Crippen molar-refractivity contribution in [2.24, 2.45) is 0 Å². The Morgan fingerprint density at radius 3 is 2.54 bits per heavy atom. The number of nitrogens with one attached hydrogen (secondary N) is 1. The van der Waals surface area contributed by atoms with Crippen LogP contribution in [0.1, 0.15) is 34.0 Å². The highest BCUT2D eigenvalue weighted by Crippen LogP contribution is 2.23. The standard InChI is InChI=1S/C23H23NO2/c1-3-19-11-4-6-13-21(19)24-23(25)20-12-5-7-14-22(20)26-16-18-10-8-9-17(2)15-18/h4-15H,3,16H2,1-2H3,(H,24,25). The number of hydrogen-bond acceptors (Lipinski definition) is 2. The van der Waals surface area contributed by atoms with E-state index in [9.17, 15) is 4.79 Å². The molecule has 0 saturated heterocycles. The Morgan fingerprint density at radius 2 is 1.73 bits per heavy atom. The average Bonchev–Trinajstić information content (AvgIpc) is 2.67. The molecule has 3 nitrogen and oxygen atoms in total. The Kier molecular flexibility index (Phi) is 5.69. The summed E-state index contributed by atoms with van der Waals surface area (Å²) in [5.41, 5.74) is 4.75. The minimum Gasteiger partial charge on any atom is -0.488 e. The summed E-state index contributed by atoms with van der Waals surface area (Å²) in [5.74, 6) is 0.422. The van der Waals surface area contributed by atoms with E-state index in [1.54, 1.807) is 6.07 Å². The molecule has 3 heteroatoms. The maximum absolute atomic E-state index is 12.8. The van der Waals surface area contributed by atoms with E-state index in [0.717, 1.165) is 23.2 Å². The number of rotatable bonds is 6. The van der Waals surface area contributed by atoms with Crippen molar-refractivity contribution < 1.29 is 9.53 Å². The fourth-order valence-corrected chi connectivity index (χ4v) is 2.88. The lowest BCUT2D eigenvalue weighted by Gasteiger charge is -2.13. The SMILES string of the molecule is CCc1ccccc1NC(=O)c1ccccc1OCc1cccc(C)c1. The minimum atomic E-state index is -0.161. The predicted octanol–water partition coefficient (Wildman–Crippen LogP) is 5.39. The van der Waals surface area contributed by atoms with Crippen molar-refractivity contribution in [3.63, 3.8) is 0 Å². The van der Waals surface area contributed by atoms with Gasteiger partial charge in [-0.05, 0) is 42.7 Å². The van der Waals surface area contributed by atoms with E-state index >= 15 is 0 Å². The highest BCUT2D eigenvalue weighted by atomic mass is 16.5. The summed E-state index contributed by atoms with van der Waals surface area (Å²) in [7, 11) is 0. The Balaban J connectivity index is 1.77. The van der Waals surface area contributed by atoms with Crippen LogP contribution < -0.4 is 10.1 Å². The van der Waals surface area contributed by atoms with Crippen LogP contribution in [-0.2, 0) is 13.0 Å². The van der Waals surface area contributed by atoms with Crippen LogP contribution in [0.3, 0.4) is 0 Å². The number of ether oxygens (including phenoxy) is 1. The number of para-hydroxylation sites is 2. The third kappa shape index (κ3) is 4.31. The molecule has 0 fully saturated rings. The van der Waals surface area contributed by atoms with Gasteiger partial charge < -0.3 is 10.1 Å². The lowest BCUT2D eigenvalue weighted by molar-refractivity contribution is 0.102. The first kappa shape index (κ1) is 17.7. The van der Waals surface area contributed by atoms with Gasteiger partial charge in [-0.1, -0.05) is 67.1 Å². The van der Waals surface area contributed by atoms with Gasteiger partial charge in [-0.15, -0.1) is 0 Å². The Morgan fingerprint density at radius 1 is 0.962 bits per heavy atom. The van der Waals surface area contributed by atoms with Crippen LogP contribution in [0.2, 0.25) is 0 Å². The molecule has 0 aliphatic rings. The highest BCUT2D eigenvalue weighted by Gasteiger charge is 2.13. The van der Waals surface area contributed by atoms with Gasteiger partial charge in [0.1, 0.15) is 12.4 Å². The number of aryl methyl sites for hydroxylation is 2. The number of hydrogen-bond donors (Lipinski definition) is 1. The van der Waals surface area contributed by atoms with Gasteiger partial charge in [0.05, 0.1) is 5.56 Å². The summed E-state index contributed by atoms with van der Waals surface area (Å²) in [6.45, 7) is 4.55. The molecular weight excluding hydrogens is 322 g/mol. The molecule has 0 unspecified atom stereocenters. The van der Waals surface area contributed by atoms with Crippen molar-refractivity contribution in [3.05, 3.63) is 95.1 Å². The normalized spacial score (nSPS) is 10.4. The zero-order valence-electron chi connectivity index (χ0n) is 15.2. The molecule has 1 N–H and O–H groups in total. The number of anilines is 1. The smallest absolute Gasteiger partial charge is 0.259 e. The van der Waals surface area contributed by atoms with E-state index in [4.69, 9.17) is 4.74 Å². The molecule has 132 valence electrons. The van der Waals surface area contributed by atoms with Crippen molar-refractivity contribution in [1.82, 2.24) is 0 Å². The first-order valence-corrected chi connectivity index (χ1v) is 8.84. The largest absolute Gasteiger partial charge is 0.488 e. The molecule has 3 aromatic rings. The zero-order chi connectivity index (χ0) is 18.4. The van der Waals surface area contributed by atoms with Crippen molar-refractivity contribution in [2.45, 2.75) is 26.9 Å². The van der Waals surface area contributed by atoms with Gasteiger partial charge >= 0.3 is 0 Å². The van der Waals surface area contributed by atoms with Crippen LogP contribution in [0.15, 0.2) is 72.8 Å². The maximum Gasteiger partial charge on any atom is 0.259 e. The van der Waals surface area contributed by atoms with E-state index in [1.165, 1.54) is 5.56 Å². The fraction of sp³-hybridized carbons (Fsp3) is 0.174. The minimum absolute atomic E-state index is 0.161. The number of carbonyl (C=O) groups excluding carboxylic acids is 1. The molecule has 1 amide bonds. The second-order valence-electron chi connectivity index (χ2n) is 6.24. The molecule has 0 saturated carbocycles. The van der Waals surface area contributed by atoms with E-state index in [-0.39, 0.29) is 5.91 Å². The fourth-order valence-electron chi connectivity index (χ4n) is 2.88. The van der Waals surface area contributed by atoms with Gasteiger partial charge in [-0.25, -0.2) is 0 Å². The summed E-state index contributed by atoms with van der Waals surface area (Å²) in [4.78, 5) is 12.8. The van der Waals surface area contributed by atoms with Gasteiger partial charge in [0, 0.05) is 5.69 Å². The quantitative estimate of drug-likeness (QED) is 0.650. The van der Waals surface area contributed by atoms with E-state index in [1.807, 2.05) is 54.6 Å². The molecule has 0 aromatic heterocycles. The zero-order valence-corrected chi connectivity index (χ0v) is 15.2. The van der Waals surface area contributed by atoms with Crippen LogP contribution >= 0.6 is 0 Å². The van der Waals surface area contributed by atoms with Gasteiger partial charge in [0.2, 0.25) is 0 Å². The van der Waals surface area contributed by atoms with E-state index in [2.05, 4.69) is 31.3 Å². The van der Waals surface area contributed by atoms with E-state index in [0.29, 0.717) is 17.9 Å². The highest BCUT2D eigenvalue weighted by molar-refractivity contribution is 6.06. The Labute approximate surface area is 154 Å². The van der Waals surface area contributed by atoms with Gasteiger partial charge in [0.15, 0.2) is 0 Å². The van der Waals surface area contributed by atoms with Gasteiger partial charge in [-0.2, -0.15) is 0 Å². The molecular formula is C23H23NO2. The van der Waals surface area contributed by atoms with Crippen molar-refractivity contribution in [1.29, 1.82) is 0 Å². The third-order valence-electron chi connectivity index (χ3n) is 4.25. The van der Waals surface area contributed by atoms with Crippen LogP contribution in [0.5, 0.6) is 5.75 Å². The monoisotopic (exact) mass is 345 g/mol. The Hall–Kier alpha value is -3.07. The lowest BCUT2D eigenvalue weighted by atomic mass is 10.1. The predicted molar refractivity (Wildman–Crippen MR) is 106 cm³/mol. The number of benzene rings is 3. The summed E-state index contributed by atoms with van der Waals surface area (Å²) in [5, 5.41) is 3.01. The van der Waals surface area contributed by atoms with Crippen LogP contribution in [0.25, 0.3) is 0 Å². The first-order chi connectivity index (χ1) is 12.7. The van der Waals surface area contributed by atoms with Crippen molar-refractivity contribution in [3.8, 4) is 5.75 Å². The van der Waals surface area contributed by atoms with Crippen LogP contribution in [0, 0.1) is 6.92 Å². The summed E-state index contributed by atoms with van der Waals surface area (Å²) in [6, 6.07) is 23.4. The number of carbonyl (C=O) groups is 1. The summed E-state index contributed by atoms with van der Waals surface area (Å²) < 4.78 is 5.93. The molecule has 0 aliphatic heterocycles. The number of amides is 1. The van der Waals surface area contributed by atoms with Crippen LogP contribution in [-0.4, -0.2) is 5.91 Å². The van der Waals surface area contributed by atoms with E-state index < -0.39 is 0 Å². The van der Waals surface area contributed by atoms with Crippen molar-refractivity contribution in [2.75, 3.05) is 5.32 Å². The third-order valence-corrected chi connectivity index (χ3v) is 4.25. The second-order valence-corrected chi connectivity index (χ2v) is 6.24. The molecule has 0 spiro atoms. The van der Waals surface area contributed by atoms with Crippen LogP contribution in [0.4, 0.5) is 5.69 Å². The molecule has 3 aromatic carbocycles. The lowest BCUT2D eigenvalue weighted by Crippen LogP contribution is -2.14. The van der Waals surface area contributed by atoms with Gasteiger partial charge in [-0.3, -0.25) is 4.79 Å². The molecule has 0 atom stereocenters. The van der Waals surface area contributed by atoms with Gasteiger partial charge in [0.25, 0.3) is 5.91 Å². The summed E-state index contributed by atoms with van der Waals surface area (Å²) >= 11 is 0. The molecule has 0 radical (unpaired) electrons. The van der Waals surface area contributed by atoms with Crippen molar-refractivity contribution >= 4 is 11.6 Å². The molecule has 0 bridgehead atoms. The maximum atomic E-state index is 12.8. The molecule has 0 aliphatic carbocycles. The molecule has 0 heterocycles. The first-order valence-electron chi connectivity index (χ1n) is 8.84. The Bertz CT molecular complexity index is 902. The average molecular weight is 345 g/mol. The summed E-state index contributed by atoms with van der Waals surface area (Å²) in [6.07, 6.45) is 0.863. The second kappa shape index (κ2) is 8.34.